The van der Waals surface area contributed by atoms with E-state index in [-0.39, 0.29) is 5.02 Å². The lowest BCUT2D eigenvalue weighted by Crippen LogP contribution is -2.11. The smallest absolute Gasteiger partial charge is 0.209 e. The maximum Gasteiger partial charge on any atom is 0.209 e. The monoisotopic (exact) mass is 457 g/mol. The topological polar surface area (TPSA) is 46.3 Å². The van der Waals surface area contributed by atoms with Gasteiger partial charge in [-0.1, -0.05) is 65.3 Å². The molecule has 0 unspecified atom stereocenters. The second-order valence-electron chi connectivity index (χ2n) is 6.21. The first-order valence-corrected chi connectivity index (χ1v) is 10.6. The molecule has 4 nitrogen and oxygen atoms in total. The number of rotatable bonds is 4. The van der Waals surface area contributed by atoms with Crippen LogP contribution in [-0.2, 0) is 0 Å². The predicted octanol–water partition coefficient (Wildman–Crippen LogP) is 6.85. The fourth-order valence-electron chi connectivity index (χ4n) is 2.64. The Kier molecular flexibility index (Phi) is 6.47. The summed E-state index contributed by atoms with van der Waals surface area (Å²) in [7, 11) is 0. The molecule has 3 aromatic carbocycles. The summed E-state index contributed by atoms with van der Waals surface area (Å²) in [5.74, 6) is 1.39. The molecular weight excluding hydrogens is 444 g/mol. The van der Waals surface area contributed by atoms with Gasteiger partial charge in [-0.2, -0.15) is 5.10 Å². The Morgan fingerprint density at radius 2 is 1.73 bits per heavy atom. The van der Waals surface area contributed by atoms with Crippen molar-refractivity contribution in [2.75, 3.05) is 5.75 Å². The van der Waals surface area contributed by atoms with Gasteiger partial charge in [-0.05, 0) is 42.0 Å². The first-order chi connectivity index (χ1) is 14.6. The predicted molar refractivity (Wildman–Crippen MR) is 123 cm³/mol. The molecule has 0 saturated carbocycles. The van der Waals surface area contributed by atoms with E-state index >= 15 is 0 Å². The van der Waals surface area contributed by atoms with Crippen LogP contribution in [0.3, 0.4) is 0 Å². The van der Waals surface area contributed by atoms with Gasteiger partial charge in [0.05, 0.1) is 15.8 Å². The van der Waals surface area contributed by atoms with Gasteiger partial charge in [-0.3, -0.25) is 0 Å². The number of nitrogens with zero attached hydrogens (tertiary/aromatic N) is 3. The highest BCUT2D eigenvalue weighted by Crippen LogP contribution is 2.27. The zero-order valence-electron chi connectivity index (χ0n) is 15.4. The van der Waals surface area contributed by atoms with E-state index in [1.54, 1.807) is 6.21 Å². The molecule has 0 spiro atoms. The van der Waals surface area contributed by atoms with Crippen molar-refractivity contribution >= 4 is 52.1 Å². The molecule has 3 aromatic rings. The highest BCUT2D eigenvalue weighted by molar-refractivity contribution is 8.14. The Labute approximate surface area is 187 Å². The molecule has 0 N–H and O–H groups in total. The van der Waals surface area contributed by atoms with Gasteiger partial charge in [0, 0.05) is 17.5 Å². The Balaban J connectivity index is 1.48. The number of amidine groups is 1. The molecule has 0 fully saturated rings. The first kappa shape index (κ1) is 20.6. The zero-order chi connectivity index (χ0) is 20.9. The standard InChI is InChI=1S/C22H14Cl2FN3OS/c23-18-11-19(24)20(25)10-17(18)21-13-30-22(28-27-21)26-12-14-5-4-8-16(9-14)29-15-6-2-1-3-7-15/h1-12H,13H2/b26-12+. The summed E-state index contributed by atoms with van der Waals surface area (Å²) < 4.78 is 19.6. The van der Waals surface area contributed by atoms with Crippen molar-refractivity contribution in [1.29, 1.82) is 0 Å². The van der Waals surface area contributed by atoms with E-state index in [1.165, 1.54) is 23.9 Å². The molecule has 0 amide bonds. The summed E-state index contributed by atoms with van der Waals surface area (Å²) in [6.45, 7) is 0. The van der Waals surface area contributed by atoms with Crippen LogP contribution in [0.4, 0.5) is 4.39 Å². The minimum atomic E-state index is -0.547. The van der Waals surface area contributed by atoms with Crippen LogP contribution in [-0.4, -0.2) is 22.8 Å². The maximum atomic E-state index is 13.7. The van der Waals surface area contributed by atoms with Crippen LogP contribution in [0, 0.1) is 5.82 Å². The third kappa shape index (κ3) is 5.08. The number of thioether (sulfide) groups is 1. The second-order valence-corrected chi connectivity index (χ2v) is 7.97. The average molecular weight is 458 g/mol. The van der Waals surface area contributed by atoms with E-state index in [2.05, 4.69) is 15.2 Å². The van der Waals surface area contributed by atoms with E-state index in [4.69, 9.17) is 27.9 Å². The van der Waals surface area contributed by atoms with Crippen molar-refractivity contribution in [3.63, 3.8) is 0 Å². The van der Waals surface area contributed by atoms with Gasteiger partial charge in [0.15, 0.2) is 0 Å². The van der Waals surface area contributed by atoms with Crippen molar-refractivity contribution in [1.82, 2.24) is 0 Å². The summed E-state index contributed by atoms with van der Waals surface area (Å²) in [6, 6.07) is 19.8. The van der Waals surface area contributed by atoms with Gasteiger partial charge in [0.25, 0.3) is 0 Å². The lowest BCUT2D eigenvalue weighted by molar-refractivity contribution is 0.482. The number of hydrogen-bond donors (Lipinski definition) is 0. The number of hydrogen-bond acceptors (Lipinski definition) is 5. The lowest BCUT2D eigenvalue weighted by Gasteiger charge is -2.11. The van der Waals surface area contributed by atoms with Crippen molar-refractivity contribution in [3.05, 3.63) is 93.7 Å². The molecule has 1 aliphatic rings. The number of aliphatic imine (C=N–C) groups is 1. The van der Waals surface area contributed by atoms with Crippen LogP contribution in [0.25, 0.3) is 0 Å². The molecule has 4 rings (SSSR count). The minimum absolute atomic E-state index is 0.0277. The largest absolute Gasteiger partial charge is 0.457 e. The highest BCUT2D eigenvalue weighted by atomic mass is 35.5. The van der Waals surface area contributed by atoms with Crippen molar-refractivity contribution in [2.45, 2.75) is 0 Å². The van der Waals surface area contributed by atoms with Crippen LogP contribution >= 0.6 is 35.0 Å². The number of para-hydroxylation sites is 1. The van der Waals surface area contributed by atoms with Gasteiger partial charge in [-0.25, -0.2) is 9.38 Å². The third-order valence-electron chi connectivity index (χ3n) is 4.08. The summed E-state index contributed by atoms with van der Waals surface area (Å²) in [6.07, 6.45) is 1.69. The molecule has 0 saturated heterocycles. The van der Waals surface area contributed by atoms with E-state index in [0.717, 1.165) is 11.3 Å². The van der Waals surface area contributed by atoms with Crippen molar-refractivity contribution in [3.8, 4) is 11.5 Å². The summed E-state index contributed by atoms with van der Waals surface area (Å²) in [5, 5.41) is 9.06. The highest BCUT2D eigenvalue weighted by Gasteiger charge is 2.17. The number of halogens is 3. The molecule has 8 heteroatoms. The lowest BCUT2D eigenvalue weighted by atomic mass is 10.1. The third-order valence-corrected chi connectivity index (χ3v) is 5.54. The molecular formula is C22H14Cl2FN3OS. The number of benzene rings is 3. The normalized spacial score (nSPS) is 13.8. The Hall–Kier alpha value is -2.67. The summed E-state index contributed by atoms with van der Waals surface area (Å²) >= 11 is 13.3. The first-order valence-electron chi connectivity index (χ1n) is 8.88. The fraction of sp³-hybridized carbons (Fsp3) is 0.0455. The number of ether oxygens (including phenoxy) is 1. The van der Waals surface area contributed by atoms with E-state index in [1.807, 2.05) is 54.6 Å². The Morgan fingerprint density at radius 3 is 2.50 bits per heavy atom. The molecule has 0 aromatic heterocycles. The van der Waals surface area contributed by atoms with Crippen LogP contribution < -0.4 is 4.74 Å². The summed E-state index contributed by atoms with van der Waals surface area (Å²) in [4.78, 5) is 4.38. The van der Waals surface area contributed by atoms with Crippen LogP contribution in [0.2, 0.25) is 10.0 Å². The minimum Gasteiger partial charge on any atom is -0.457 e. The van der Waals surface area contributed by atoms with Crippen LogP contribution in [0.15, 0.2) is 81.9 Å². The van der Waals surface area contributed by atoms with Crippen LogP contribution in [0.5, 0.6) is 11.5 Å². The molecule has 0 bridgehead atoms. The quantitative estimate of drug-likeness (QED) is 0.317. The maximum absolute atomic E-state index is 13.7. The van der Waals surface area contributed by atoms with Crippen LogP contribution in [0.1, 0.15) is 11.1 Å². The molecule has 0 radical (unpaired) electrons. The van der Waals surface area contributed by atoms with Gasteiger partial charge in [0.1, 0.15) is 17.3 Å². The van der Waals surface area contributed by atoms with Gasteiger partial charge in [-0.15, -0.1) is 5.10 Å². The molecule has 0 aliphatic carbocycles. The molecule has 1 heterocycles. The van der Waals surface area contributed by atoms with Gasteiger partial charge in [0.2, 0.25) is 5.17 Å². The van der Waals surface area contributed by atoms with Gasteiger partial charge >= 0.3 is 0 Å². The fourth-order valence-corrected chi connectivity index (χ4v) is 3.84. The molecule has 0 atom stereocenters. The summed E-state index contributed by atoms with van der Waals surface area (Å²) in [5.41, 5.74) is 1.91. The Bertz CT molecular complexity index is 1170. The van der Waals surface area contributed by atoms with Crippen molar-refractivity contribution < 1.29 is 9.13 Å². The van der Waals surface area contributed by atoms with Gasteiger partial charge < -0.3 is 4.74 Å². The molecule has 30 heavy (non-hydrogen) atoms. The Morgan fingerprint density at radius 1 is 0.933 bits per heavy atom. The SMILES string of the molecule is Fc1cc(C2=NN=C(/N=C/c3cccc(Oc4ccccc4)c3)SC2)c(Cl)cc1Cl. The zero-order valence-corrected chi connectivity index (χ0v) is 17.8. The van der Waals surface area contributed by atoms with Crippen molar-refractivity contribution in [2.24, 2.45) is 15.2 Å². The van der Waals surface area contributed by atoms with E-state index in [9.17, 15) is 4.39 Å². The second kappa shape index (κ2) is 9.43. The average Bonchev–Trinajstić information content (AvgIpc) is 2.76. The molecule has 1 aliphatic heterocycles. The van der Waals surface area contributed by atoms with E-state index in [0.29, 0.717) is 33.0 Å². The molecule has 150 valence electrons. The van der Waals surface area contributed by atoms with E-state index < -0.39 is 5.82 Å².